The molecule has 12 heteroatoms. The van der Waals surface area contributed by atoms with Crippen molar-refractivity contribution in [3.05, 3.63) is 0 Å². The van der Waals surface area contributed by atoms with Gasteiger partial charge in [0.1, 0.15) is 6.04 Å². The number of hydrogen-bond acceptors (Lipinski definition) is 7. The van der Waals surface area contributed by atoms with Gasteiger partial charge in [0.25, 0.3) is 5.91 Å². The summed E-state index contributed by atoms with van der Waals surface area (Å²) in [7, 11) is -4.84. The second-order valence-corrected chi connectivity index (χ2v) is 5.74. The van der Waals surface area contributed by atoms with Gasteiger partial charge in [0.15, 0.2) is 0 Å². The Balaban J connectivity index is 2.17. The van der Waals surface area contributed by atoms with Crippen LogP contribution in [0.15, 0.2) is 0 Å². The molecule has 2 heterocycles. The van der Waals surface area contributed by atoms with Gasteiger partial charge in [-0.2, -0.15) is 13.5 Å². The first kappa shape index (κ1) is 15.6. The topological polar surface area (TPSA) is 151 Å². The highest BCUT2D eigenvalue weighted by Crippen LogP contribution is 2.31. The fourth-order valence-corrected chi connectivity index (χ4v) is 2.79. The fraction of sp³-hybridized carbons (Fsp3) is 0.667. The molecule has 0 spiro atoms. The first-order valence-corrected chi connectivity index (χ1v) is 7.34. The number of piperidine rings is 1. The minimum atomic E-state index is -4.84. The van der Waals surface area contributed by atoms with Gasteiger partial charge in [0.2, 0.25) is 5.91 Å². The smallest absolute Gasteiger partial charge is 0.309 e. The van der Waals surface area contributed by atoms with Crippen LogP contribution < -0.4 is 5.84 Å². The molecule has 0 aliphatic carbocycles. The van der Waals surface area contributed by atoms with Crippen LogP contribution in [-0.4, -0.2) is 64.4 Å². The Hall–Kier alpha value is -1.76. The highest BCUT2D eigenvalue weighted by atomic mass is 32.3. The Morgan fingerprint density at radius 3 is 2.57 bits per heavy atom. The number of urea groups is 1. The lowest BCUT2D eigenvalue weighted by Crippen LogP contribution is -2.54. The van der Waals surface area contributed by atoms with Crippen LogP contribution in [0.4, 0.5) is 4.79 Å². The molecule has 0 aromatic heterocycles. The highest BCUT2D eigenvalue weighted by molar-refractivity contribution is 7.80. The average molecular weight is 322 g/mol. The van der Waals surface area contributed by atoms with E-state index in [4.69, 9.17) is 10.4 Å². The summed E-state index contributed by atoms with van der Waals surface area (Å²) in [4.78, 5) is 36.2. The summed E-state index contributed by atoms with van der Waals surface area (Å²) < 4.78 is 34.3. The standard InChI is InChI=1S/C9H14N4O7S/c1-5(14)12(10)8(15)7-3-2-6-4-11(7)9(16)13(6)20-21(17,18)19/h6-7H,2-4,10H2,1H3,(H,17,18,19)/t6-,7+/m1/s1. The van der Waals surface area contributed by atoms with E-state index >= 15 is 0 Å². The molecule has 2 rings (SSSR count). The Morgan fingerprint density at radius 1 is 1.43 bits per heavy atom. The van der Waals surface area contributed by atoms with Crippen molar-refractivity contribution in [1.82, 2.24) is 15.0 Å². The molecule has 0 saturated carbocycles. The molecule has 2 fully saturated rings. The van der Waals surface area contributed by atoms with Gasteiger partial charge in [-0.25, -0.2) is 15.6 Å². The molecule has 0 radical (unpaired) electrons. The summed E-state index contributed by atoms with van der Waals surface area (Å²) in [6.45, 7) is 1.14. The molecule has 21 heavy (non-hydrogen) atoms. The molecule has 0 unspecified atom stereocenters. The normalized spacial score (nSPS) is 25.2. The van der Waals surface area contributed by atoms with Gasteiger partial charge in [-0.1, -0.05) is 0 Å². The number of hydroxylamine groups is 2. The summed E-state index contributed by atoms with van der Waals surface area (Å²) in [5.74, 6) is 3.88. The number of carbonyl (C=O) groups excluding carboxylic acids is 3. The lowest BCUT2D eigenvalue weighted by atomic mass is 10.00. The summed E-state index contributed by atoms with van der Waals surface area (Å²) in [5.41, 5.74) is 0. The van der Waals surface area contributed by atoms with Gasteiger partial charge in [-0.3, -0.25) is 14.1 Å². The molecule has 3 N–H and O–H groups in total. The van der Waals surface area contributed by atoms with E-state index in [-0.39, 0.29) is 19.4 Å². The molecular formula is C9H14N4O7S. The Morgan fingerprint density at radius 2 is 2.05 bits per heavy atom. The second kappa shape index (κ2) is 5.22. The highest BCUT2D eigenvalue weighted by Gasteiger charge is 2.50. The van der Waals surface area contributed by atoms with Gasteiger partial charge >= 0.3 is 16.4 Å². The molecule has 2 aliphatic heterocycles. The largest absolute Gasteiger partial charge is 0.418 e. The van der Waals surface area contributed by atoms with Crippen LogP contribution in [0.2, 0.25) is 0 Å². The van der Waals surface area contributed by atoms with Crippen molar-refractivity contribution < 1.29 is 31.6 Å². The van der Waals surface area contributed by atoms with Crippen LogP contribution >= 0.6 is 0 Å². The number of fused-ring (bicyclic) bond motifs is 2. The number of hydrogen-bond donors (Lipinski definition) is 2. The number of imide groups is 1. The molecule has 2 atom stereocenters. The van der Waals surface area contributed by atoms with Gasteiger partial charge in [-0.05, 0) is 12.8 Å². The number of nitrogens with two attached hydrogens (primary N) is 1. The van der Waals surface area contributed by atoms with Crippen molar-refractivity contribution in [1.29, 1.82) is 0 Å². The number of amides is 4. The van der Waals surface area contributed by atoms with Crippen molar-refractivity contribution in [2.75, 3.05) is 6.54 Å². The molecule has 2 aliphatic rings. The minimum Gasteiger partial charge on any atom is -0.309 e. The summed E-state index contributed by atoms with van der Waals surface area (Å²) in [6.07, 6.45) is 0.460. The van der Waals surface area contributed by atoms with Crippen LogP contribution in [-0.2, 0) is 24.3 Å². The van der Waals surface area contributed by atoms with E-state index < -0.39 is 40.3 Å². The van der Waals surface area contributed by atoms with E-state index in [1.165, 1.54) is 0 Å². The van der Waals surface area contributed by atoms with Crippen molar-refractivity contribution in [2.45, 2.75) is 31.8 Å². The molecule has 4 amide bonds. The van der Waals surface area contributed by atoms with E-state index in [1.807, 2.05) is 0 Å². The van der Waals surface area contributed by atoms with E-state index in [0.717, 1.165) is 11.8 Å². The van der Waals surface area contributed by atoms with Crippen LogP contribution in [0.5, 0.6) is 0 Å². The third kappa shape index (κ3) is 2.97. The van der Waals surface area contributed by atoms with E-state index in [2.05, 4.69) is 4.28 Å². The van der Waals surface area contributed by atoms with Crippen LogP contribution in [0.1, 0.15) is 19.8 Å². The maximum absolute atomic E-state index is 12.0. The zero-order valence-electron chi connectivity index (χ0n) is 11.0. The number of carbonyl (C=O) groups is 3. The van der Waals surface area contributed by atoms with Crippen LogP contribution in [0.25, 0.3) is 0 Å². The average Bonchev–Trinajstić information content (AvgIpc) is 2.61. The first-order chi connectivity index (χ1) is 9.61. The number of nitrogens with zero attached hydrogens (tertiary/aromatic N) is 3. The van der Waals surface area contributed by atoms with E-state index in [0.29, 0.717) is 10.1 Å². The first-order valence-electron chi connectivity index (χ1n) is 5.98. The second-order valence-electron chi connectivity index (χ2n) is 4.74. The van der Waals surface area contributed by atoms with Crippen molar-refractivity contribution >= 4 is 28.2 Å². The monoisotopic (exact) mass is 322 g/mol. The Bertz CT molecular complexity index is 591. The van der Waals surface area contributed by atoms with E-state index in [9.17, 15) is 22.8 Å². The zero-order valence-corrected chi connectivity index (χ0v) is 11.8. The molecule has 11 nitrogen and oxygen atoms in total. The minimum absolute atomic E-state index is 0.0382. The lowest BCUT2D eigenvalue weighted by molar-refractivity contribution is -0.147. The molecule has 2 saturated heterocycles. The molecule has 2 bridgehead atoms. The maximum atomic E-state index is 12.0. The van der Waals surface area contributed by atoms with Gasteiger partial charge in [0.05, 0.1) is 6.04 Å². The molecule has 0 aromatic rings. The predicted octanol–water partition coefficient (Wildman–Crippen LogP) is -1.76. The fourth-order valence-electron chi connectivity index (χ4n) is 2.40. The molecule has 118 valence electrons. The van der Waals surface area contributed by atoms with Crippen LogP contribution in [0.3, 0.4) is 0 Å². The summed E-state index contributed by atoms with van der Waals surface area (Å²) in [6, 6.07) is -2.46. The summed E-state index contributed by atoms with van der Waals surface area (Å²) >= 11 is 0. The van der Waals surface area contributed by atoms with Gasteiger partial charge in [0, 0.05) is 13.5 Å². The van der Waals surface area contributed by atoms with E-state index in [1.54, 1.807) is 0 Å². The number of hydrazine groups is 1. The third-order valence-corrected chi connectivity index (χ3v) is 3.71. The quantitative estimate of drug-likeness (QED) is 0.268. The lowest BCUT2D eigenvalue weighted by Gasteiger charge is -2.30. The third-order valence-electron chi connectivity index (χ3n) is 3.36. The van der Waals surface area contributed by atoms with Crippen molar-refractivity contribution in [3.63, 3.8) is 0 Å². The Kier molecular flexibility index (Phi) is 3.88. The van der Waals surface area contributed by atoms with Crippen molar-refractivity contribution in [2.24, 2.45) is 5.84 Å². The summed E-state index contributed by atoms with van der Waals surface area (Å²) in [5, 5.41) is 0.918. The van der Waals surface area contributed by atoms with Gasteiger partial charge in [-0.15, -0.1) is 4.28 Å². The zero-order chi connectivity index (χ0) is 15.9. The molecule has 0 aromatic carbocycles. The molecular weight excluding hydrogens is 308 g/mol. The van der Waals surface area contributed by atoms with Crippen LogP contribution in [0, 0.1) is 0 Å². The SMILES string of the molecule is CC(=O)N(N)C(=O)[C@@H]1CC[C@@H]2CN1C(=O)N2OS(=O)(=O)O. The number of rotatable bonds is 3. The maximum Gasteiger partial charge on any atom is 0.418 e. The van der Waals surface area contributed by atoms with Gasteiger partial charge < -0.3 is 4.90 Å². The van der Waals surface area contributed by atoms with Crippen molar-refractivity contribution in [3.8, 4) is 0 Å². The Labute approximate surface area is 120 Å². The predicted molar refractivity (Wildman–Crippen MR) is 65.1 cm³/mol.